The molecule has 0 unspecified atom stereocenters. The lowest BCUT2D eigenvalue weighted by molar-refractivity contribution is 0.495. The number of nitrogens with one attached hydrogen (secondary N) is 1. The van der Waals surface area contributed by atoms with Gasteiger partial charge < -0.3 is 9.73 Å². The topological polar surface area (TPSA) is 38.1 Å². The van der Waals surface area contributed by atoms with Gasteiger partial charge in [0.15, 0.2) is 4.67 Å². The third-order valence-corrected chi connectivity index (χ3v) is 3.48. The van der Waals surface area contributed by atoms with Crippen LogP contribution in [-0.4, -0.2) is 4.98 Å². The summed E-state index contributed by atoms with van der Waals surface area (Å²) in [4.78, 5) is 4.43. The van der Waals surface area contributed by atoms with Crippen LogP contribution in [0.4, 0.5) is 5.69 Å². The standard InChI is InChI=1S/C15H13BrN2O/c1-10-4-6-13(12-3-2-8-17-15(10)12)18-9-11-5-7-14(16)19-11/h2-8,18H,9H2,1H3. The number of hydrogen-bond donors (Lipinski definition) is 1. The summed E-state index contributed by atoms with van der Waals surface area (Å²) in [5, 5.41) is 4.52. The summed E-state index contributed by atoms with van der Waals surface area (Å²) in [5.41, 5.74) is 3.29. The van der Waals surface area contributed by atoms with Crippen molar-refractivity contribution >= 4 is 32.5 Å². The van der Waals surface area contributed by atoms with Gasteiger partial charge in [0.25, 0.3) is 0 Å². The second-order valence-corrected chi connectivity index (χ2v) is 5.17. The Labute approximate surface area is 119 Å². The summed E-state index contributed by atoms with van der Waals surface area (Å²) in [6.45, 7) is 2.72. The number of halogens is 1. The highest BCUT2D eigenvalue weighted by atomic mass is 79.9. The van der Waals surface area contributed by atoms with Crippen molar-refractivity contribution in [2.75, 3.05) is 5.32 Å². The van der Waals surface area contributed by atoms with Crippen molar-refractivity contribution in [3.8, 4) is 0 Å². The molecule has 3 aromatic rings. The second kappa shape index (κ2) is 5.05. The van der Waals surface area contributed by atoms with E-state index >= 15 is 0 Å². The molecule has 0 saturated carbocycles. The van der Waals surface area contributed by atoms with Crippen molar-refractivity contribution in [1.82, 2.24) is 4.98 Å². The van der Waals surface area contributed by atoms with Gasteiger partial charge in [-0.3, -0.25) is 4.98 Å². The number of nitrogens with zero attached hydrogens (tertiary/aromatic N) is 1. The van der Waals surface area contributed by atoms with Gasteiger partial charge in [-0.1, -0.05) is 6.07 Å². The number of aryl methyl sites for hydroxylation is 1. The molecule has 0 radical (unpaired) electrons. The monoisotopic (exact) mass is 316 g/mol. The molecule has 0 fully saturated rings. The van der Waals surface area contributed by atoms with Crippen molar-refractivity contribution in [3.05, 3.63) is 58.6 Å². The summed E-state index contributed by atoms with van der Waals surface area (Å²) >= 11 is 3.30. The fraction of sp³-hybridized carbons (Fsp3) is 0.133. The van der Waals surface area contributed by atoms with E-state index in [1.54, 1.807) is 0 Å². The average molecular weight is 317 g/mol. The molecule has 1 N–H and O–H groups in total. The van der Waals surface area contributed by atoms with E-state index in [0.717, 1.165) is 27.0 Å². The molecule has 0 saturated heterocycles. The van der Waals surface area contributed by atoms with Crippen molar-refractivity contribution < 1.29 is 4.42 Å². The van der Waals surface area contributed by atoms with Crippen LogP contribution in [-0.2, 0) is 6.54 Å². The quantitative estimate of drug-likeness (QED) is 0.772. The first kappa shape index (κ1) is 12.2. The van der Waals surface area contributed by atoms with Gasteiger partial charge in [-0.2, -0.15) is 0 Å². The van der Waals surface area contributed by atoms with Gasteiger partial charge in [-0.05, 0) is 58.7 Å². The Kier molecular flexibility index (Phi) is 3.25. The van der Waals surface area contributed by atoms with Gasteiger partial charge in [0.05, 0.1) is 12.1 Å². The van der Waals surface area contributed by atoms with Crippen molar-refractivity contribution in [2.24, 2.45) is 0 Å². The van der Waals surface area contributed by atoms with E-state index in [-0.39, 0.29) is 0 Å². The van der Waals surface area contributed by atoms with E-state index < -0.39 is 0 Å². The molecule has 19 heavy (non-hydrogen) atoms. The molecule has 1 aromatic carbocycles. The van der Waals surface area contributed by atoms with Gasteiger partial charge in [0, 0.05) is 17.3 Å². The molecule has 0 spiro atoms. The van der Waals surface area contributed by atoms with Crippen LogP contribution in [0.1, 0.15) is 11.3 Å². The Hall–Kier alpha value is -1.81. The van der Waals surface area contributed by atoms with Crippen LogP contribution >= 0.6 is 15.9 Å². The number of furan rings is 1. The molecule has 2 heterocycles. The Balaban J connectivity index is 1.91. The summed E-state index contributed by atoms with van der Waals surface area (Å²) in [6.07, 6.45) is 1.82. The van der Waals surface area contributed by atoms with Crippen molar-refractivity contribution in [3.63, 3.8) is 0 Å². The molecule has 0 atom stereocenters. The lowest BCUT2D eigenvalue weighted by Gasteiger charge is -2.09. The zero-order chi connectivity index (χ0) is 13.2. The first-order valence-electron chi connectivity index (χ1n) is 6.06. The third kappa shape index (κ3) is 2.49. The minimum atomic E-state index is 0.651. The predicted molar refractivity (Wildman–Crippen MR) is 80.2 cm³/mol. The maximum Gasteiger partial charge on any atom is 0.169 e. The number of hydrogen-bond acceptors (Lipinski definition) is 3. The third-order valence-electron chi connectivity index (χ3n) is 3.05. The van der Waals surface area contributed by atoms with Gasteiger partial charge >= 0.3 is 0 Å². The van der Waals surface area contributed by atoms with E-state index in [2.05, 4.69) is 51.4 Å². The van der Waals surface area contributed by atoms with E-state index in [1.807, 2.05) is 24.4 Å². The van der Waals surface area contributed by atoms with E-state index in [4.69, 9.17) is 4.42 Å². The van der Waals surface area contributed by atoms with Crippen molar-refractivity contribution in [1.29, 1.82) is 0 Å². The fourth-order valence-corrected chi connectivity index (χ4v) is 2.44. The molecule has 0 aliphatic heterocycles. The summed E-state index contributed by atoms with van der Waals surface area (Å²) in [7, 11) is 0. The Bertz CT molecular complexity index is 721. The SMILES string of the molecule is Cc1ccc(NCc2ccc(Br)o2)c2cccnc12. The fourth-order valence-electron chi connectivity index (χ4n) is 2.10. The van der Waals surface area contributed by atoms with Gasteiger partial charge in [-0.25, -0.2) is 0 Å². The normalized spacial score (nSPS) is 10.8. The molecule has 0 aliphatic carbocycles. The molecular weight excluding hydrogens is 304 g/mol. The van der Waals surface area contributed by atoms with Crippen LogP contribution in [0.3, 0.4) is 0 Å². The molecule has 2 aromatic heterocycles. The van der Waals surface area contributed by atoms with Crippen molar-refractivity contribution in [2.45, 2.75) is 13.5 Å². The molecule has 96 valence electrons. The summed E-state index contributed by atoms with van der Waals surface area (Å²) < 4.78 is 6.23. The van der Waals surface area contributed by atoms with Crippen LogP contribution in [0.5, 0.6) is 0 Å². The van der Waals surface area contributed by atoms with E-state index in [1.165, 1.54) is 5.56 Å². The zero-order valence-corrected chi connectivity index (χ0v) is 12.1. The summed E-state index contributed by atoms with van der Waals surface area (Å²) in [6, 6.07) is 12.0. The highest BCUT2D eigenvalue weighted by Gasteiger charge is 2.05. The highest BCUT2D eigenvalue weighted by Crippen LogP contribution is 2.25. The number of pyridine rings is 1. The number of anilines is 1. The van der Waals surface area contributed by atoms with Gasteiger partial charge in [0.2, 0.25) is 0 Å². The Morgan fingerprint density at radius 1 is 1.21 bits per heavy atom. The molecule has 0 aliphatic rings. The molecule has 3 nitrogen and oxygen atoms in total. The summed E-state index contributed by atoms with van der Waals surface area (Å²) in [5.74, 6) is 0.893. The van der Waals surface area contributed by atoms with E-state index in [0.29, 0.717) is 6.54 Å². The van der Waals surface area contributed by atoms with Gasteiger partial charge in [0.1, 0.15) is 5.76 Å². The maximum atomic E-state index is 5.48. The van der Waals surface area contributed by atoms with E-state index in [9.17, 15) is 0 Å². The largest absolute Gasteiger partial charge is 0.452 e. The predicted octanol–water partition coefficient (Wildman–Crippen LogP) is 4.51. The van der Waals surface area contributed by atoms with Crippen LogP contribution in [0.25, 0.3) is 10.9 Å². The highest BCUT2D eigenvalue weighted by molar-refractivity contribution is 9.10. The number of fused-ring (bicyclic) bond motifs is 1. The minimum absolute atomic E-state index is 0.651. The molecule has 4 heteroatoms. The second-order valence-electron chi connectivity index (χ2n) is 4.39. The zero-order valence-electron chi connectivity index (χ0n) is 10.5. The number of benzene rings is 1. The minimum Gasteiger partial charge on any atom is -0.452 e. The maximum absolute atomic E-state index is 5.48. The van der Waals surface area contributed by atoms with Crippen LogP contribution in [0.15, 0.2) is 51.7 Å². The first-order chi connectivity index (χ1) is 9.24. The average Bonchev–Trinajstić information content (AvgIpc) is 2.84. The number of rotatable bonds is 3. The smallest absolute Gasteiger partial charge is 0.169 e. The lowest BCUT2D eigenvalue weighted by atomic mass is 10.1. The molecule has 0 amide bonds. The lowest BCUT2D eigenvalue weighted by Crippen LogP contribution is -1.99. The van der Waals surface area contributed by atoms with Crippen LogP contribution < -0.4 is 5.32 Å². The van der Waals surface area contributed by atoms with Crippen LogP contribution in [0, 0.1) is 6.92 Å². The van der Waals surface area contributed by atoms with Gasteiger partial charge in [-0.15, -0.1) is 0 Å². The molecule has 0 bridgehead atoms. The number of aromatic nitrogens is 1. The van der Waals surface area contributed by atoms with Crippen LogP contribution in [0.2, 0.25) is 0 Å². The molecule has 3 rings (SSSR count). The molecular formula is C15H13BrN2O. The first-order valence-corrected chi connectivity index (χ1v) is 6.86. The Morgan fingerprint density at radius 3 is 2.89 bits per heavy atom. The Morgan fingerprint density at radius 2 is 2.11 bits per heavy atom.